The molecule has 0 aliphatic heterocycles. The molecule has 0 spiro atoms. The molecule has 0 bridgehead atoms. The second-order valence-corrected chi connectivity index (χ2v) is 8.66. The van der Waals surface area contributed by atoms with Gasteiger partial charge in [-0.05, 0) is 19.4 Å². The number of amides is 1. The highest BCUT2D eigenvalue weighted by molar-refractivity contribution is 5.78. The van der Waals surface area contributed by atoms with Gasteiger partial charge in [-0.1, -0.05) is 40.9 Å². The van der Waals surface area contributed by atoms with Crippen molar-refractivity contribution in [3.8, 4) is 11.5 Å². The fraction of sp³-hybridized carbons (Fsp3) is 0.571. The molecule has 0 saturated carbocycles. The molecule has 0 fully saturated rings. The van der Waals surface area contributed by atoms with Crippen LogP contribution in [0.25, 0.3) is 13.2 Å². The van der Waals surface area contributed by atoms with Crippen molar-refractivity contribution in [2.75, 3.05) is 27.2 Å². The molecule has 146 valence electrons. The molecule has 0 aliphatic rings. The van der Waals surface area contributed by atoms with Gasteiger partial charge in [0, 0.05) is 53.5 Å². The SMILES string of the molecule is C=c1c(C)c(O)c(=C)c(C(C)(C)CC(=O)N(C)CC(C)(C)CNC)c1O. The number of hydrogen-bond acceptors (Lipinski definition) is 4. The lowest BCUT2D eigenvalue weighted by molar-refractivity contribution is -0.132. The second kappa shape index (κ2) is 7.70. The molecule has 1 aromatic rings. The molecular weight excluding hydrogens is 328 g/mol. The van der Waals surface area contributed by atoms with E-state index < -0.39 is 5.41 Å². The van der Waals surface area contributed by atoms with E-state index in [1.807, 2.05) is 20.9 Å². The number of nitrogens with one attached hydrogen (secondary N) is 1. The predicted molar refractivity (Wildman–Crippen MR) is 108 cm³/mol. The summed E-state index contributed by atoms with van der Waals surface area (Å²) in [6.07, 6.45) is 0.192. The van der Waals surface area contributed by atoms with Crippen LogP contribution in [0.2, 0.25) is 0 Å². The van der Waals surface area contributed by atoms with Gasteiger partial charge in [-0.25, -0.2) is 0 Å². The van der Waals surface area contributed by atoms with E-state index in [-0.39, 0.29) is 29.2 Å². The second-order valence-electron chi connectivity index (χ2n) is 8.66. The number of nitrogens with zero attached hydrogens (tertiary/aromatic N) is 1. The van der Waals surface area contributed by atoms with Crippen molar-refractivity contribution in [1.29, 1.82) is 0 Å². The maximum atomic E-state index is 12.8. The Morgan fingerprint density at radius 2 is 1.65 bits per heavy atom. The van der Waals surface area contributed by atoms with Crippen LogP contribution in [-0.2, 0) is 10.2 Å². The number of aromatic hydroxyl groups is 2. The van der Waals surface area contributed by atoms with E-state index in [1.54, 1.807) is 18.9 Å². The summed E-state index contributed by atoms with van der Waals surface area (Å²) < 4.78 is 0. The number of phenols is 2. The van der Waals surface area contributed by atoms with Crippen LogP contribution < -0.4 is 15.8 Å². The van der Waals surface area contributed by atoms with Crippen LogP contribution in [0, 0.1) is 12.3 Å². The standard InChI is InChI=1S/C21H34N2O3/c1-13-14(2)19(26)17(15(3)18(13)25)21(6,7)10-16(24)23(9)12-20(4,5)11-22-8/h22,25-26H,2-3,10-12H2,1,4-9H3. The molecule has 0 heterocycles. The lowest BCUT2D eigenvalue weighted by Gasteiger charge is -2.33. The van der Waals surface area contributed by atoms with E-state index in [0.717, 1.165) is 6.54 Å². The third kappa shape index (κ3) is 4.58. The van der Waals surface area contributed by atoms with Crippen molar-refractivity contribution in [3.63, 3.8) is 0 Å². The van der Waals surface area contributed by atoms with E-state index in [9.17, 15) is 15.0 Å². The Morgan fingerprint density at radius 1 is 1.12 bits per heavy atom. The first-order chi connectivity index (χ1) is 11.7. The molecule has 0 radical (unpaired) electrons. The van der Waals surface area contributed by atoms with Crippen molar-refractivity contribution in [3.05, 3.63) is 21.6 Å². The quantitative estimate of drug-likeness (QED) is 0.644. The van der Waals surface area contributed by atoms with Crippen molar-refractivity contribution in [2.24, 2.45) is 5.41 Å². The number of rotatable bonds is 7. The van der Waals surface area contributed by atoms with Crippen LogP contribution in [-0.4, -0.2) is 48.2 Å². The minimum Gasteiger partial charge on any atom is -0.507 e. The first kappa shape index (κ1) is 22.0. The molecule has 5 heteroatoms. The monoisotopic (exact) mass is 362 g/mol. The summed E-state index contributed by atoms with van der Waals surface area (Å²) in [6.45, 7) is 18.8. The number of hydrogen-bond donors (Lipinski definition) is 3. The molecule has 0 aromatic heterocycles. The number of benzene rings is 1. The molecule has 1 aromatic carbocycles. The summed E-state index contributed by atoms with van der Waals surface area (Å²) in [5.74, 6) is -0.00301. The molecule has 26 heavy (non-hydrogen) atoms. The van der Waals surface area contributed by atoms with Gasteiger partial charge in [0.15, 0.2) is 0 Å². The first-order valence-corrected chi connectivity index (χ1v) is 8.86. The van der Waals surface area contributed by atoms with Gasteiger partial charge < -0.3 is 20.4 Å². The van der Waals surface area contributed by atoms with Crippen LogP contribution in [0.1, 0.15) is 45.2 Å². The van der Waals surface area contributed by atoms with Crippen LogP contribution >= 0.6 is 0 Å². The van der Waals surface area contributed by atoms with Gasteiger partial charge in [-0.3, -0.25) is 4.79 Å². The average Bonchev–Trinajstić information content (AvgIpc) is 2.49. The molecule has 0 aliphatic carbocycles. The Morgan fingerprint density at radius 3 is 2.15 bits per heavy atom. The molecular formula is C21H34N2O3. The van der Waals surface area contributed by atoms with E-state index >= 15 is 0 Å². The molecule has 0 unspecified atom stereocenters. The van der Waals surface area contributed by atoms with Crippen molar-refractivity contribution < 1.29 is 15.0 Å². The zero-order chi connectivity index (χ0) is 20.4. The van der Waals surface area contributed by atoms with Gasteiger partial charge in [0.25, 0.3) is 0 Å². The third-order valence-electron chi connectivity index (χ3n) is 4.93. The summed E-state index contributed by atoms with van der Waals surface area (Å²) >= 11 is 0. The van der Waals surface area contributed by atoms with E-state index in [1.165, 1.54) is 0 Å². The fourth-order valence-electron chi connectivity index (χ4n) is 3.55. The molecule has 0 saturated heterocycles. The topological polar surface area (TPSA) is 72.8 Å². The van der Waals surface area contributed by atoms with E-state index in [0.29, 0.717) is 28.1 Å². The molecule has 5 nitrogen and oxygen atoms in total. The summed E-state index contributed by atoms with van der Waals surface area (Å²) in [6, 6.07) is 0. The minimum atomic E-state index is -0.697. The molecule has 1 rings (SSSR count). The Bertz CT molecular complexity index is 782. The maximum absolute atomic E-state index is 12.8. The fourth-order valence-corrected chi connectivity index (χ4v) is 3.55. The zero-order valence-corrected chi connectivity index (χ0v) is 17.3. The Kier molecular flexibility index (Phi) is 6.53. The highest BCUT2D eigenvalue weighted by atomic mass is 16.3. The Balaban J connectivity index is 3.16. The summed E-state index contributed by atoms with van der Waals surface area (Å²) in [7, 11) is 3.69. The van der Waals surface area contributed by atoms with Crippen molar-refractivity contribution in [2.45, 2.75) is 46.5 Å². The van der Waals surface area contributed by atoms with Crippen LogP contribution in [0.15, 0.2) is 0 Å². The summed E-state index contributed by atoms with van der Waals surface area (Å²) in [5, 5.41) is 24.7. The highest BCUT2D eigenvalue weighted by Gasteiger charge is 2.32. The zero-order valence-electron chi connectivity index (χ0n) is 17.3. The predicted octanol–water partition coefficient (Wildman–Crippen LogP) is 1.60. The van der Waals surface area contributed by atoms with Crippen LogP contribution in [0.5, 0.6) is 11.5 Å². The Labute approximate surface area is 157 Å². The minimum absolute atomic E-state index is 0.00117. The maximum Gasteiger partial charge on any atom is 0.223 e. The molecule has 1 amide bonds. The van der Waals surface area contributed by atoms with Crippen molar-refractivity contribution in [1.82, 2.24) is 10.2 Å². The van der Waals surface area contributed by atoms with Gasteiger partial charge in [-0.15, -0.1) is 0 Å². The first-order valence-electron chi connectivity index (χ1n) is 8.86. The van der Waals surface area contributed by atoms with Gasteiger partial charge in [0.05, 0.1) is 0 Å². The summed E-state index contributed by atoms with van der Waals surface area (Å²) in [4.78, 5) is 14.5. The number of carbonyl (C=O) groups excluding carboxylic acids is 1. The molecule has 3 N–H and O–H groups in total. The molecule has 0 atom stereocenters. The third-order valence-corrected chi connectivity index (χ3v) is 4.93. The van der Waals surface area contributed by atoms with Gasteiger partial charge in [0.2, 0.25) is 5.91 Å². The smallest absolute Gasteiger partial charge is 0.223 e. The Hall–Kier alpha value is -2.01. The van der Waals surface area contributed by atoms with Gasteiger partial charge in [-0.2, -0.15) is 0 Å². The summed E-state index contributed by atoms with van der Waals surface area (Å²) in [5.41, 5.74) is 0.231. The van der Waals surface area contributed by atoms with Crippen LogP contribution in [0.4, 0.5) is 0 Å². The lowest BCUT2D eigenvalue weighted by Crippen LogP contribution is -2.42. The number of carbonyl (C=O) groups is 1. The van der Waals surface area contributed by atoms with E-state index in [2.05, 4.69) is 32.3 Å². The van der Waals surface area contributed by atoms with Gasteiger partial charge in [0.1, 0.15) is 11.5 Å². The van der Waals surface area contributed by atoms with Gasteiger partial charge >= 0.3 is 0 Å². The van der Waals surface area contributed by atoms with Crippen molar-refractivity contribution >= 4 is 19.1 Å². The average molecular weight is 363 g/mol. The van der Waals surface area contributed by atoms with E-state index in [4.69, 9.17) is 0 Å². The highest BCUT2D eigenvalue weighted by Crippen LogP contribution is 2.32. The lowest BCUT2D eigenvalue weighted by atomic mass is 9.78. The normalized spacial score (nSPS) is 12.3. The number of phenolic OH excluding ortho intramolecular Hbond substituents is 2. The van der Waals surface area contributed by atoms with Crippen LogP contribution in [0.3, 0.4) is 0 Å². The largest absolute Gasteiger partial charge is 0.507 e.